The van der Waals surface area contributed by atoms with Gasteiger partial charge in [0.15, 0.2) is 5.69 Å². The van der Waals surface area contributed by atoms with Crippen molar-refractivity contribution in [3.63, 3.8) is 0 Å². The summed E-state index contributed by atoms with van der Waals surface area (Å²) in [4.78, 5) is 18.8. The summed E-state index contributed by atoms with van der Waals surface area (Å²) in [5, 5.41) is 13.3. The summed E-state index contributed by atoms with van der Waals surface area (Å²) in [6.45, 7) is 7.22. The van der Waals surface area contributed by atoms with Crippen molar-refractivity contribution in [2.75, 3.05) is 19.7 Å². The van der Waals surface area contributed by atoms with E-state index in [2.05, 4.69) is 14.7 Å². The van der Waals surface area contributed by atoms with Gasteiger partial charge in [0.1, 0.15) is 11.6 Å². The second-order valence-electron chi connectivity index (χ2n) is 6.55. The molecule has 0 aliphatic carbocycles. The van der Waals surface area contributed by atoms with Gasteiger partial charge in [-0.05, 0) is 33.6 Å². The van der Waals surface area contributed by atoms with Gasteiger partial charge >= 0.3 is 0 Å². The molecule has 1 N–H and O–H groups in total. The number of aliphatic hydroxyl groups is 1. The Hall–Kier alpha value is -2.15. The predicted molar refractivity (Wildman–Crippen MR) is 87.9 cm³/mol. The maximum absolute atomic E-state index is 12.4. The zero-order valence-electron chi connectivity index (χ0n) is 14.4. The van der Waals surface area contributed by atoms with Crippen LogP contribution in [0.25, 0.3) is 0 Å². The number of rotatable bonds is 4. The molecule has 0 unspecified atom stereocenters. The van der Waals surface area contributed by atoms with E-state index in [0.29, 0.717) is 30.5 Å². The molecule has 24 heavy (non-hydrogen) atoms. The van der Waals surface area contributed by atoms with Crippen LogP contribution < -0.4 is 0 Å². The molecule has 1 amide bonds. The second kappa shape index (κ2) is 6.76. The van der Waals surface area contributed by atoms with E-state index in [1.54, 1.807) is 13.0 Å². The molecule has 0 aromatic carbocycles. The summed E-state index contributed by atoms with van der Waals surface area (Å²) in [5.74, 6) is 1.88. The summed E-state index contributed by atoms with van der Waals surface area (Å²) in [6, 6.07) is 1.69. The highest BCUT2D eigenvalue weighted by Crippen LogP contribution is 2.30. The molecule has 0 bridgehead atoms. The zero-order chi connectivity index (χ0) is 17.3. The van der Waals surface area contributed by atoms with Crippen LogP contribution in [-0.4, -0.2) is 50.3 Å². The van der Waals surface area contributed by atoms with E-state index in [0.717, 1.165) is 24.4 Å². The summed E-state index contributed by atoms with van der Waals surface area (Å²) < 4.78 is 7.10. The number of hydrogen-bond donors (Lipinski definition) is 1. The van der Waals surface area contributed by atoms with Crippen molar-refractivity contribution in [1.82, 2.24) is 19.6 Å². The van der Waals surface area contributed by atoms with E-state index >= 15 is 0 Å². The molecule has 7 heteroatoms. The standard InChI is InChI=1S/C17H24N4O3/c1-11-9-18-16(21(11)12(2)10-22)14-4-6-20(7-5-14)17(23)15-8-13(3)24-19-15/h8-9,12,14,22H,4-7,10H2,1-3H3/t12-/m1/s1. The first kappa shape index (κ1) is 16.7. The molecule has 1 atom stereocenters. The Morgan fingerprint density at radius 3 is 2.71 bits per heavy atom. The van der Waals surface area contributed by atoms with E-state index in [9.17, 15) is 9.90 Å². The van der Waals surface area contributed by atoms with Gasteiger partial charge in [0, 0.05) is 37.0 Å². The smallest absolute Gasteiger partial charge is 0.276 e. The number of hydrogen-bond acceptors (Lipinski definition) is 5. The van der Waals surface area contributed by atoms with Gasteiger partial charge in [-0.3, -0.25) is 4.79 Å². The molecule has 0 radical (unpaired) electrons. The third kappa shape index (κ3) is 3.08. The lowest BCUT2D eigenvalue weighted by molar-refractivity contribution is 0.0699. The molecule has 2 aromatic rings. The molecule has 0 saturated carbocycles. The lowest BCUT2D eigenvalue weighted by Crippen LogP contribution is -2.38. The first-order chi connectivity index (χ1) is 11.5. The molecule has 1 aliphatic heterocycles. The first-order valence-corrected chi connectivity index (χ1v) is 8.38. The van der Waals surface area contributed by atoms with Gasteiger partial charge in [-0.2, -0.15) is 0 Å². The SMILES string of the molecule is Cc1cc(C(=O)N2CCC(c3ncc(C)n3[C@H](C)CO)CC2)no1. The number of aliphatic hydroxyl groups excluding tert-OH is 1. The zero-order valence-corrected chi connectivity index (χ0v) is 14.4. The van der Waals surface area contributed by atoms with Gasteiger partial charge in [-0.15, -0.1) is 0 Å². The lowest BCUT2D eigenvalue weighted by atomic mass is 9.95. The minimum Gasteiger partial charge on any atom is -0.394 e. The van der Waals surface area contributed by atoms with E-state index < -0.39 is 0 Å². The highest BCUT2D eigenvalue weighted by molar-refractivity contribution is 5.92. The lowest BCUT2D eigenvalue weighted by Gasteiger charge is -2.32. The number of carbonyl (C=O) groups excluding carboxylic acids is 1. The Morgan fingerprint density at radius 2 is 2.12 bits per heavy atom. The van der Waals surface area contributed by atoms with E-state index in [-0.39, 0.29) is 18.6 Å². The average Bonchev–Trinajstić information content (AvgIpc) is 3.19. The normalized spacial score (nSPS) is 17.2. The summed E-state index contributed by atoms with van der Waals surface area (Å²) >= 11 is 0. The van der Waals surface area contributed by atoms with Crippen LogP contribution in [0, 0.1) is 13.8 Å². The molecule has 7 nitrogen and oxygen atoms in total. The molecular weight excluding hydrogens is 308 g/mol. The van der Waals surface area contributed by atoms with Crippen molar-refractivity contribution in [2.45, 2.75) is 45.6 Å². The van der Waals surface area contributed by atoms with E-state index in [1.165, 1.54) is 0 Å². The predicted octanol–water partition coefficient (Wildman–Crippen LogP) is 2.06. The quantitative estimate of drug-likeness (QED) is 0.926. The number of imidazole rings is 1. The minimum atomic E-state index is -0.0754. The van der Waals surface area contributed by atoms with Crippen LogP contribution in [0.5, 0.6) is 0 Å². The van der Waals surface area contributed by atoms with E-state index in [4.69, 9.17) is 4.52 Å². The number of piperidine rings is 1. The van der Waals surface area contributed by atoms with Crippen molar-refractivity contribution in [3.05, 3.63) is 35.2 Å². The molecule has 1 aliphatic rings. The Bertz CT molecular complexity index is 713. The molecule has 1 fully saturated rings. The van der Waals surface area contributed by atoms with Gasteiger partial charge in [0.25, 0.3) is 5.91 Å². The third-order valence-electron chi connectivity index (χ3n) is 4.71. The fraction of sp³-hybridized carbons (Fsp3) is 0.588. The maximum Gasteiger partial charge on any atom is 0.276 e. The summed E-state index contributed by atoms with van der Waals surface area (Å²) in [7, 11) is 0. The van der Waals surface area contributed by atoms with E-state index in [1.807, 2.05) is 24.9 Å². The number of amides is 1. The third-order valence-corrected chi connectivity index (χ3v) is 4.71. The largest absolute Gasteiger partial charge is 0.394 e. The molecule has 0 spiro atoms. The van der Waals surface area contributed by atoms with Crippen LogP contribution in [0.3, 0.4) is 0 Å². The summed E-state index contributed by atoms with van der Waals surface area (Å²) in [6.07, 6.45) is 3.57. The molecule has 130 valence electrons. The van der Waals surface area contributed by atoms with Gasteiger partial charge < -0.3 is 19.1 Å². The van der Waals surface area contributed by atoms with Crippen LogP contribution in [0.4, 0.5) is 0 Å². The minimum absolute atomic E-state index is 0.0141. The fourth-order valence-electron chi connectivity index (χ4n) is 3.39. The van der Waals surface area contributed by atoms with Crippen molar-refractivity contribution < 1.29 is 14.4 Å². The van der Waals surface area contributed by atoms with Crippen LogP contribution >= 0.6 is 0 Å². The Kier molecular flexibility index (Phi) is 4.71. The number of aryl methyl sites for hydroxylation is 2. The Balaban J connectivity index is 1.68. The number of nitrogens with zero attached hydrogens (tertiary/aromatic N) is 4. The molecule has 1 saturated heterocycles. The van der Waals surface area contributed by atoms with Crippen molar-refractivity contribution in [3.8, 4) is 0 Å². The number of likely N-dealkylation sites (tertiary alicyclic amines) is 1. The molecular formula is C17H24N4O3. The summed E-state index contributed by atoms with van der Waals surface area (Å²) in [5.41, 5.74) is 1.43. The van der Waals surface area contributed by atoms with Crippen LogP contribution in [0.1, 0.15) is 59.5 Å². The fourth-order valence-corrected chi connectivity index (χ4v) is 3.39. The second-order valence-corrected chi connectivity index (χ2v) is 6.55. The highest BCUT2D eigenvalue weighted by Gasteiger charge is 2.29. The monoisotopic (exact) mass is 332 g/mol. The highest BCUT2D eigenvalue weighted by atomic mass is 16.5. The average molecular weight is 332 g/mol. The van der Waals surface area contributed by atoms with Crippen LogP contribution in [-0.2, 0) is 0 Å². The van der Waals surface area contributed by atoms with Gasteiger partial charge in [0.05, 0.1) is 12.6 Å². The Morgan fingerprint density at radius 1 is 1.42 bits per heavy atom. The molecule has 2 aromatic heterocycles. The maximum atomic E-state index is 12.4. The molecule has 3 rings (SSSR count). The van der Waals surface area contributed by atoms with Crippen LogP contribution in [0.2, 0.25) is 0 Å². The number of carbonyl (C=O) groups is 1. The van der Waals surface area contributed by atoms with Crippen molar-refractivity contribution in [1.29, 1.82) is 0 Å². The molecule has 3 heterocycles. The Labute approximate surface area is 141 Å². The van der Waals surface area contributed by atoms with Crippen molar-refractivity contribution >= 4 is 5.91 Å². The first-order valence-electron chi connectivity index (χ1n) is 8.38. The topological polar surface area (TPSA) is 84.4 Å². The number of aromatic nitrogens is 3. The van der Waals surface area contributed by atoms with Gasteiger partial charge in [-0.1, -0.05) is 5.16 Å². The van der Waals surface area contributed by atoms with Gasteiger partial charge in [0.2, 0.25) is 0 Å². The van der Waals surface area contributed by atoms with Crippen LogP contribution in [0.15, 0.2) is 16.8 Å². The van der Waals surface area contributed by atoms with Gasteiger partial charge in [-0.25, -0.2) is 4.98 Å². The van der Waals surface area contributed by atoms with Crippen molar-refractivity contribution in [2.24, 2.45) is 0 Å².